The Balaban J connectivity index is 4.44. The largest absolute Gasteiger partial charge is 0.466 e. The lowest BCUT2D eigenvalue weighted by Gasteiger charge is -2.13. The Bertz CT molecular complexity index is 263. The van der Waals surface area contributed by atoms with Crippen LogP contribution in [-0.4, -0.2) is 33.5 Å². The highest BCUT2D eigenvalue weighted by atomic mass is 31.2. The zero-order chi connectivity index (χ0) is 11.2. The van der Waals surface area contributed by atoms with Crippen molar-refractivity contribution in [1.29, 1.82) is 0 Å². The molecule has 0 saturated heterocycles. The summed E-state index contributed by atoms with van der Waals surface area (Å²) in [5.74, 6) is -0.485. The lowest BCUT2D eigenvalue weighted by atomic mass is 10.3. The predicted molar refractivity (Wildman–Crippen MR) is 52.3 cm³/mol. The van der Waals surface area contributed by atoms with Crippen molar-refractivity contribution in [2.45, 2.75) is 6.92 Å². The smallest absolute Gasteiger partial charge is 0.334 e. The fraction of sp³-hybridized carbons (Fsp3) is 0.625. The van der Waals surface area contributed by atoms with Gasteiger partial charge in [-0.1, -0.05) is 5.57 Å². The molecule has 0 aliphatic rings. The molecule has 0 aliphatic carbocycles. The summed E-state index contributed by atoms with van der Waals surface area (Å²) in [6, 6.07) is 0. The van der Waals surface area contributed by atoms with Crippen LogP contribution in [0, 0.1) is 0 Å². The van der Waals surface area contributed by atoms with Gasteiger partial charge in [0.1, 0.15) is 0 Å². The summed E-state index contributed by atoms with van der Waals surface area (Å²) < 4.78 is 25.4. The molecule has 0 aliphatic heterocycles. The normalized spacial score (nSPS) is 12.7. The van der Waals surface area contributed by atoms with E-state index < -0.39 is 13.6 Å². The minimum Gasteiger partial charge on any atom is -0.466 e. The highest BCUT2D eigenvalue weighted by molar-refractivity contribution is 7.54. The third-order valence-corrected chi connectivity index (χ3v) is 3.56. The minimum absolute atomic E-state index is 0.0785. The first-order valence-corrected chi connectivity index (χ1v) is 5.66. The first-order chi connectivity index (χ1) is 6.47. The molecule has 0 amide bonds. The zero-order valence-electron chi connectivity index (χ0n) is 8.77. The average molecular weight is 222 g/mol. The molecule has 0 rings (SSSR count). The van der Waals surface area contributed by atoms with Gasteiger partial charge < -0.3 is 13.8 Å². The van der Waals surface area contributed by atoms with Crippen molar-refractivity contribution in [2.75, 3.05) is 27.5 Å². The van der Waals surface area contributed by atoms with E-state index in [4.69, 9.17) is 9.05 Å². The fourth-order valence-corrected chi connectivity index (χ4v) is 1.92. The Morgan fingerprint density at radius 2 is 1.79 bits per heavy atom. The second-order valence-corrected chi connectivity index (χ2v) is 4.92. The Morgan fingerprint density at radius 3 is 2.14 bits per heavy atom. The molecule has 0 spiro atoms. The topological polar surface area (TPSA) is 61.8 Å². The van der Waals surface area contributed by atoms with Crippen LogP contribution in [0.25, 0.3) is 0 Å². The van der Waals surface area contributed by atoms with Gasteiger partial charge in [0, 0.05) is 20.3 Å². The molecule has 0 aromatic carbocycles. The van der Waals surface area contributed by atoms with E-state index in [-0.39, 0.29) is 6.16 Å². The summed E-state index contributed by atoms with van der Waals surface area (Å²) in [4.78, 5) is 10.8. The van der Waals surface area contributed by atoms with Gasteiger partial charge in [-0.3, -0.25) is 4.57 Å². The van der Waals surface area contributed by atoms with Crippen LogP contribution in [-0.2, 0) is 23.1 Å². The molecule has 0 aromatic rings. The summed E-state index contributed by atoms with van der Waals surface area (Å²) in [7, 11) is 0.799. The highest BCUT2D eigenvalue weighted by Crippen LogP contribution is 2.47. The zero-order valence-corrected chi connectivity index (χ0v) is 9.67. The second kappa shape index (κ2) is 5.96. The maximum Gasteiger partial charge on any atom is 0.334 e. The maximum atomic E-state index is 11.6. The fourth-order valence-electron chi connectivity index (χ4n) is 0.815. The van der Waals surface area contributed by atoms with Gasteiger partial charge in [-0.05, 0) is 6.92 Å². The molecule has 14 heavy (non-hydrogen) atoms. The second-order valence-electron chi connectivity index (χ2n) is 2.65. The third kappa shape index (κ3) is 4.56. The number of allylic oxidation sites excluding steroid dienone is 1. The van der Waals surface area contributed by atoms with Gasteiger partial charge in [0.25, 0.3) is 0 Å². The summed E-state index contributed by atoms with van der Waals surface area (Å²) in [5.41, 5.74) is 0.587. The highest BCUT2D eigenvalue weighted by Gasteiger charge is 2.21. The lowest BCUT2D eigenvalue weighted by Crippen LogP contribution is -2.00. The predicted octanol–water partition coefficient (Wildman–Crippen LogP) is 1.59. The van der Waals surface area contributed by atoms with Gasteiger partial charge in [-0.25, -0.2) is 4.79 Å². The van der Waals surface area contributed by atoms with Gasteiger partial charge in [-0.15, -0.1) is 0 Å². The van der Waals surface area contributed by atoms with Crippen LogP contribution in [0.2, 0.25) is 0 Å². The first-order valence-electron chi connectivity index (χ1n) is 3.93. The van der Waals surface area contributed by atoms with Crippen LogP contribution in [0.15, 0.2) is 11.6 Å². The molecular weight excluding hydrogens is 207 g/mol. The third-order valence-electron chi connectivity index (χ3n) is 1.56. The van der Waals surface area contributed by atoms with Gasteiger partial charge in [0.05, 0.1) is 13.3 Å². The van der Waals surface area contributed by atoms with E-state index in [2.05, 4.69) is 4.74 Å². The van der Waals surface area contributed by atoms with E-state index in [1.165, 1.54) is 27.4 Å². The van der Waals surface area contributed by atoms with E-state index in [9.17, 15) is 9.36 Å². The van der Waals surface area contributed by atoms with Crippen molar-refractivity contribution in [1.82, 2.24) is 0 Å². The summed E-state index contributed by atoms with van der Waals surface area (Å²) in [6.07, 6.45) is 1.33. The number of carbonyl (C=O) groups excluding carboxylic acids is 1. The van der Waals surface area contributed by atoms with Crippen molar-refractivity contribution in [3.63, 3.8) is 0 Å². The minimum atomic E-state index is -3.08. The Kier molecular flexibility index (Phi) is 5.69. The van der Waals surface area contributed by atoms with Crippen molar-refractivity contribution >= 4 is 13.6 Å². The average Bonchev–Trinajstić information content (AvgIpc) is 2.17. The molecule has 0 bridgehead atoms. The first kappa shape index (κ1) is 13.4. The van der Waals surface area contributed by atoms with Gasteiger partial charge in [-0.2, -0.15) is 0 Å². The SMILES string of the molecule is COC(=O)/C=C(/C)CP(=O)(OC)OC. The lowest BCUT2D eigenvalue weighted by molar-refractivity contribution is -0.134. The number of hydrogen-bond donors (Lipinski definition) is 0. The van der Waals surface area contributed by atoms with Crippen LogP contribution in [0.5, 0.6) is 0 Å². The standard InChI is InChI=1S/C8H15O5P/c1-7(5-8(9)11-2)6-14(10,12-3)13-4/h5H,6H2,1-4H3/b7-5-. The monoisotopic (exact) mass is 222 g/mol. The molecule has 5 nitrogen and oxygen atoms in total. The quantitative estimate of drug-likeness (QED) is 0.401. The number of methoxy groups -OCH3 is 1. The summed E-state index contributed by atoms with van der Waals surface area (Å²) in [5, 5.41) is 0. The number of ether oxygens (including phenoxy) is 1. The van der Waals surface area contributed by atoms with Gasteiger partial charge in [0.15, 0.2) is 0 Å². The Labute approximate surface area is 83.6 Å². The van der Waals surface area contributed by atoms with E-state index in [0.29, 0.717) is 5.57 Å². The molecule has 0 aromatic heterocycles. The van der Waals surface area contributed by atoms with Crippen molar-refractivity contribution in [3.8, 4) is 0 Å². The molecule has 0 N–H and O–H groups in total. The van der Waals surface area contributed by atoms with Gasteiger partial charge >= 0.3 is 13.6 Å². The molecule has 0 unspecified atom stereocenters. The number of esters is 1. The molecule has 82 valence electrons. The van der Waals surface area contributed by atoms with Crippen LogP contribution in [0.4, 0.5) is 0 Å². The van der Waals surface area contributed by atoms with Crippen LogP contribution < -0.4 is 0 Å². The Hall–Kier alpha value is -0.640. The molecule has 6 heteroatoms. The molecule has 0 radical (unpaired) electrons. The van der Waals surface area contributed by atoms with E-state index in [0.717, 1.165) is 0 Å². The van der Waals surface area contributed by atoms with E-state index >= 15 is 0 Å². The molecule has 0 atom stereocenters. The number of carbonyl (C=O) groups is 1. The summed E-state index contributed by atoms with van der Waals surface area (Å²) in [6.45, 7) is 1.65. The van der Waals surface area contributed by atoms with E-state index in [1.807, 2.05) is 0 Å². The number of rotatable bonds is 5. The van der Waals surface area contributed by atoms with Crippen molar-refractivity contribution in [3.05, 3.63) is 11.6 Å². The summed E-state index contributed by atoms with van der Waals surface area (Å²) >= 11 is 0. The molecule has 0 saturated carbocycles. The van der Waals surface area contributed by atoms with Crippen LogP contribution in [0.1, 0.15) is 6.92 Å². The molecule has 0 heterocycles. The number of hydrogen-bond acceptors (Lipinski definition) is 5. The van der Waals surface area contributed by atoms with Crippen molar-refractivity contribution in [2.24, 2.45) is 0 Å². The van der Waals surface area contributed by atoms with E-state index in [1.54, 1.807) is 6.92 Å². The maximum absolute atomic E-state index is 11.6. The molecular formula is C8H15O5P. The van der Waals surface area contributed by atoms with Crippen LogP contribution >= 0.6 is 7.60 Å². The van der Waals surface area contributed by atoms with Gasteiger partial charge in [0.2, 0.25) is 0 Å². The Morgan fingerprint density at radius 1 is 1.29 bits per heavy atom. The van der Waals surface area contributed by atoms with Crippen LogP contribution in [0.3, 0.4) is 0 Å². The van der Waals surface area contributed by atoms with Crippen molar-refractivity contribution < 1.29 is 23.1 Å². The molecule has 0 fully saturated rings.